The molecule has 4 nitrogen and oxygen atoms in total. The lowest BCUT2D eigenvalue weighted by atomic mass is 10.3. The van der Waals surface area contributed by atoms with E-state index in [9.17, 15) is 4.79 Å². The molecule has 3 rings (SSSR count). The van der Waals surface area contributed by atoms with Gasteiger partial charge in [-0.25, -0.2) is 14.8 Å². The maximum atomic E-state index is 10.9. The molecule has 0 saturated heterocycles. The summed E-state index contributed by atoms with van der Waals surface area (Å²) in [6.07, 6.45) is 0. The lowest BCUT2D eigenvalue weighted by Crippen LogP contribution is -1.92. The molecule has 2 heterocycles. The largest absolute Gasteiger partial charge is 0.477 e. The number of hydrogen-bond donors (Lipinski definition) is 1. The van der Waals surface area contributed by atoms with E-state index in [1.54, 1.807) is 6.07 Å². The Kier molecular flexibility index (Phi) is 3.42. The molecule has 0 aliphatic heterocycles. The third-order valence-electron chi connectivity index (χ3n) is 2.70. The molecule has 1 aromatic carbocycles. The summed E-state index contributed by atoms with van der Waals surface area (Å²) >= 11 is 2.66. The van der Waals surface area contributed by atoms with E-state index in [4.69, 9.17) is 5.11 Å². The minimum atomic E-state index is -0.900. The van der Waals surface area contributed by atoms with E-state index >= 15 is 0 Å². The number of aryl methyl sites for hydroxylation is 1. The summed E-state index contributed by atoms with van der Waals surface area (Å²) in [5, 5.41) is 11.6. The summed E-state index contributed by atoms with van der Waals surface area (Å²) in [6.45, 7) is 1.91. The highest BCUT2D eigenvalue weighted by molar-refractivity contribution is 7.99. The van der Waals surface area contributed by atoms with Gasteiger partial charge in [0.2, 0.25) is 0 Å². The molecule has 0 spiro atoms. The zero-order valence-electron chi connectivity index (χ0n) is 10.5. The minimum absolute atomic E-state index is 0.332. The van der Waals surface area contributed by atoms with Crippen molar-refractivity contribution in [2.45, 2.75) is 16.8 Å². The van der Waals surface area contributed by atoms with Crippen molar-refractivity contribution in [3.63, 3.8) is 0 Å². The maximum absolute atomic E-state index is 10.9. The van der Waals surface area contributed by atoms with Crippen LogP contribution < -0.4 is 0 Å². The summed E-state index contributed by atoms with van der Waals surface area (Å²) in [4.78, 5) is 21.2. The second kappa shape index (κ2) is 5.22. The van der Waals surface area contributed by atoms with Gasteiger partial charge >= 0.3 is 5.97 Å². The molecule has 0 aliphatic rings. The van der Waals surface area contributed by atoms with Crippen LogP contribution in [-0.4, -0.2) is 21.0 Å². The van der Waals surface area contributed by atoms with Gasteiger partial charge in [-0.3, -0.25) is 0 Å². The summed E-state index contributed by atoms with van der Waals surface area (Å²) in [5.41, 5.74) is 2.55. The molecular weight excluding hydrogens is 292 g/mol. The van der Waals surface area contributed by atoms with Crippen LogP contribution in [0, 0.1) is 6.92 Å². The van der Waals surface area contributed by atoms with Crippen LogP contribution in [0.25, 0.3) is 11.0 Å². The third-order valence-corrected chi connectivity index (χ3v) is 4.82. The van der Waals surface area contributed by atoms with Crippen LogP contribution in [0.1, 0.15) is 15.4 Å². The Morgan fingerprint density at radius 1 is 1.25 bits per heavy atom. The molecule has 0 amide bonds. The molecule has 20 heavy (non-hydrogen) atoms. The van der Waals surface area contributed by atoms with Crippen LogP contribution in [0.3, 0.4) is 0 Å². The quantitative estimate of drug-likeness (QED) is 0.796. The van der Waals surface area contributed by atoms with Gasteiger partial charge in [-0.1, -0.05) is 23.9 Å². The van der Waals surface area contributed by atoms with E-state index < -0.39 is 5.97 Å². The topological polar surface area (TPSA) is 63.1 Å². The number of benzene rings is 1. The van der Waals surface area contributed by atoms with Crippen LogP contribution >= 0.6 is 23.1 Å². The number of carboxylic acid groups (broad SMARTS) is 1. The van der Waals surface area contributed by atoms with Crippen molar-refractivity contribution < 1.29 is 9.90 Å². The van der Waals surface area contributed by atoms with Crippen molar-refractivity contribution in [3.05, 3.63) is 46.3 Å². The van der Waals surface area contributed by atoms with E-state index in [-0.39, 0.29) is 0 Å². The summed E-state index contributed by atoms with van der Waals surface area (Å²) in [7, 11) is 0. The molecule has 0 radical (unpaired) electrons. The highest BCUT2D eigenvalue weighted by atomic mass is 32.2. The number of para-hydroxylation sites is 2. The number of carbonyl (C=O) groups is 1. The first-order valence-corrected chi connectivity index (χ1v) is 7.56. The van der Waals surface area contributed by atoms with Gasteiger partial charge in [0.25, 0.3) is 0 Å². The fourth-order valence-corrected chi connectivity index (χ4v) is 3.52. The summed E-state index contributed by atoms with van der Waals surface area (Å²) < 4.78 is 0. The van der Waals surface area contributed by atoms with E-state index in [1.807, 2.05) is 36.6 Å². The number of aromatic carboxylic acids is 1. The Morgan fingerprint density at radius 3 is 2.60 bits per heavy atom. The van der Waals surface area contributed by atoms with Crippen LogP contribution in [0.15, 0.2) is 45.6 Å². The predicted octanol–water partition coefficient (Wildman–Crippen LogP) is 3.85. The Bertz CT molecular complexity index is 799. The fraction of sp³-hybridized carbons (Fsp3) is 0.0714. The number of rotatable bonds is 3. The molecule has 3 aromatic rings. The SMILES string of the molecule is Cc1nc2ccccc2nc1Sc1csc(C(=O)O)c1. The van der Waals surface area contributed by atoms with E-state index in [1.165, 1.54) is 23.1 Å². The third kappa shape index (κ3) is 2.52. The number of fused-ring (bicyclic) bond motifs is 1. The first-order chi connectivity index (χ1) is 9.63. The van der Waals surface area contributed by atoms with Gasteiger partial charge in [-0.2, -0.15) is 0 Å². The summed E-state index contributed by atoms with van der Waals surface area (Å²) in [5.74, 6) is -0.900. The second-order valence-corrected chi connectivity index (χ2v) is 6.13. The predicted molar refractivity (Wildman–Crippen MR) is 79.7 cm³/mol. The number of hydrogen-bond acceptors (Lipinski definition) is 5. The minimum Gasteiger partial charge on any atom is -0.477 e. The Labute approximate surface area is 123 Å². The Balaban J connectivity index is 1.97. The molecule has 6 heteroatoms. The van der Waals surface area contributed by atoms with Gasteiger partial charge in [0, 0.05) is 10.3 Å². The monoisotopic (exact) mass is 302 g/mol. The van der Waals surface area contributed by atoms with Crippen LogP contribution in [-0.2, 0) is 0 Å². The number of carboxylic acids is 1. The average Bonchev–Trinajstić information content (AvgIpc) is 2.88. The number of aromatic nitrogens is 2. The molecule has 0 unspecified atom stereocenters. The van der Waals surface area contributed by atoms with Crippen LogP contribution in [0.2, 0.25) is 0 Å². The Morgan fingerprint density at radius 2 is 1.95 bits per heavy atom. The van der Waals surface area contributed by atoms with Crippen molar-refractivity contribution in [2.24, 2.45) is 0 Å². The van der Waals surface area contributed by atoms with Gasteiger partial charge in [0.15, 0.2) is 0 Å². The average molecular weight is 302 g/mol. The highest BCUT2D eigenvalue weighted by Crippen LogP contribution is 2.32. The van der Waals surface area contributed by atoms with E-state index in [2.05, 4.69) is 9.97 Å². The standard InChI is InChI=1S/C14H10N2O2S2/c1-8-13(16-11-5-3-2-4-10(11)15-8)20-9-6-12(14(17)18)19-7-9/h2-7H,1H3,(H,17,18). The second-order valence-electron chi connectivity index (χ2n) is 4.16. The van der Waals surface area contributed by atoms with Crippen molar-refractivity contribution >= 4 is 40.1 Å². The molecule has 0 atom stereocenters. The summed E-state index contributed by atoms with van der Waals surface area (Å²) in [6, 6.07) is 9.36. The zero-order valence-corrected chi connectivity index (χ0v) is 12.2. The van der Waals surface area contributed by atoms with Crippen LogP contribution in [0.5, 0.6) is 0 Å². The lowest BCUT2D eigenvalue weighted by Gasteiger charge is -2.04. The molecule has 0 fully saturated rings. The van der Waals surface area contributed by atoms with Crippen molar-refractivity contribution in [1.82, 2.24) is 9.97 Å². The number of nitrogens with zero attached hydrogens (tertiary/aromatic N) is 2. The Hall–Kier alpha value is -1.92. The van der Waals surface area contributed by atoms with Crippen molar-refractivity contribution in [3.8, 4) is 0 Å². The van der Waals surface area contributed by atoms with Gasteiger partial charge in [-0.05, 0) is 25.1 Å². The number of thiophene rings is 1. The van der Waals surface area contributed by atoms with E-state index in [0.29, 0.717) is 4.88 Å². The van der Waals surface area contributed by atoms with Crippen molar-refractivity contribution in [2.75, 3.05) is 0 Å². The molecule has 0 aliphatic carbocycles. The first kappa shape index (κ1) is 13.1. The normalized spacial score (nSPS) is 10.8. The smallest absolute Gasteiger partial charge is 0.345 e. The fourth-order valence-electron chi connectivity index (χ4n) is 1.76. The van der Waals surface area contributed by atoms with E-state index in [0.717, 1.165) is 26.6 Å². The molecule has 0 bridgehead atoms. The first-order valence-electron chi connectivity index (χ1n) is 5.86. The van der Waals surface area contributed by atoms with Gasteiger partial charge in [-0.15, -0.1) is 11.3 Å². The van der Waals surface area contributed by atoms with Gasteiger partial charge in [0.1, 0.15) is 9.90 Å². The molecule has 1 N–H and O–H groups in total. The molecular formula is C14H10N2O2S2. The highest BCUT2D eigenvalue weighted by Gasteiger charge is 2.11. The molecule has 2 aromatic heterocycles. The lowest BCUT2D eigenvalue weighted by molar-refractivity contribution is 0.0702. The van der Waals surface area contributed by atoms with Crippen molar-refractivity contribution in [1.29, 1.82) is 0 Å². The molecule has 100 valence electrons. The maximum Gasteiger partial charge on any atom is 0.345 e. The van der Waals surface area contributed by atoms with Gasteiger partial charge < -0.3 is 5.11 Å². The van der Waals surface area contributed by atoms with Gasteiger partial charge in [0.05, 0.1) is 16.7 Å². The zero-order chi connectivity index (χ0) is 14.1. The van der Waals surface area contributed by atoms with Crippen LogP contribution in [0.4, 0.5) is 0 Å². The molecule has 0 saturated carbocycles.